The summed E-state index contributed by atoms with van der Waals surface area (Å²) < 4.78 is 0. The average Bonchev–Trinajstić information content (AvgIpc) is 2.51. The molecule has 3 N–H and O–H groups in total. The number of carbonyl (C=O) groups excluding carboxylic acids is 4. The van der Waals surface area contributed by atoms with Gasteiger partial charge in [-0.15, -0.1) is 0 Å². The first-order chi connectivity index (χ1) is 10.8. The summed E-state index contributed by atoms with van der Waals surface area (Å²) in [4.78, 5) is 44.8. The van der Waals surface area contributed by atoms with E-state index in [9.17, 15) is 24.3 Å². The fourth-order valence-electron chi connectivity index (χ4n) is 1.47. The smallest absolute Gasteiger partial charge is 0.269 e. The van der Waals surface area contributed by atoms with Crippen LogP contribution in [0.4, 0.5) is 5.69 Å². The van der Waals surface area contributed by atoms with Crippen molar-refractivity contribution in [3.63, 3.8) is 0 Å². The Kier molecular flexibility index (Phi) is 6.72. The summed E-state index contributed by atoms with van der Waals surface area (Å²) in [5.41, 5.74) is 5.09. The lowest BCUT2D eigenvalue weighted by atomic mass is 10.1. The number of carbonyl (C=O) groups is 4. The maximum Gasteiger partial charge on any atom is 0.269 e. The molecule has 0 atom stereocenters. The number of hydrogen-bond donors (Lipinski definition) is 3. The maximum atomic E-state index is 11.8. The van der Waals surface area contributed by atoms with Crippen LogP contribution in [-0.2, 0) is 14.4 Å². The Bertz CT molecular complexity index is 596. The van der Waals surface area contributed by atoms with Crippen LogP contribution < -0.4 is 21.3 Å². The second-order valence-corrected chi connectivity index (χ2v) is 5.10. The monoisotopic (exact) mass is 320 g/mol. The van der Waals surface area contributed by atoms with Crippen molar-refractivity contribution in [1.29, 1.82) is 0 Å². The van der Waals surface area contributed by atoms with Crippen LogP contribution in [-0.4, -0.2) is 23.7 Å². The van der Waals surface area contributed by atoms with E-state index in [2.05, 4.69) is 16.2 Å². The molecule has 0 bridgehead atoms. The lowest BCUT2D eigenvalue weighted by Gasteiger charge is -2.10. The van der Waals surface area contributed by atoms with Crippen LogP contribution in [0.3, 0.4) is 0 Å². The van der Waals surface area contributed by atoms with E-state index >= 15 is 0 Å². The van der Waals surface area contributed by atoms with Crippen molar-refractivity contribution < 1.29 is 24.3 Å². The molecule has 0 saturated carbocycles. The fourth-order valence-corrected chi connectivity index (χ4v) is 1.47. The van der Waals surface area contributed by atoms with E-state index in [0.717, 1.165) is 0 Å². The Balaban J connectivity index is 2.49. The van der Waals surface area contributed by atoms with Crippen LogP contribution in [0.25, 0.3) is 0 Å². The molecule has 0 aromatic heterocycles. The number of nitrogens with one attached hydrogen (secondary N) is 3. The summed E-state index contributed by atoms with van der Waals surface area (Å²) in [7, 11) is 0. The summed E-state index contributed by atoms with van der Waals surface area (Å²) >= 11 is 0. The molecule has 1 rings (SSSR count). The minimum atomic E-state index is -1.34. The predicted molar refractivity (Wildman–Crippen MR) is 79.8 cm³/mol. The zero-order valence-corrected chi connectivity index (χ0v) is 12.8. The summed E-state index contributed by atoms with van der Waals surface area (Å²) in [6.45, 7) is 3.53. The SMILES string of the molecule is CC(C)C(=O)Nc1ccc(C(=O)NNC(=O)CCC(=O)[O-])cc1. The molecule has 0 unspecified atom stereocenters. The number of carboxylic acids is 1. The third-order valence-corrected chi connectivity index (χ3v) is 2.81. The van der Waals surface area contributed by atoms with Gasteiger partial charge in [0, 0.05) is 29.6 Å². The number of amides is 3. The summed E-state index contributed by atoms with van der Waals surface area (Å²) in [5.74, 6) is -2.83. The van der Waals surface area contributed by atoms with Gasteiger partial charge in [0.1, 0.15) is 0 Å². The molecule has 0 saturated heterocycles. The topological polar surface area (TPSA) is 127 Å². The molecule has 0 radical (unpaired) electrons. The summed E-state index contributed by atoms with van der Waals surface area (Å²) in [6.07, 6.45) is -0.714. The highest BCUT2D eigenvalue weighted by Gasteiger charge is 2.09. The molecule has 124 valence electrons. The minimum absolute atomic E-state index is 0.137. The van der Waals surface area contributed by atoms with Gasteiger partial charge in [-0.25, -0.2) is 0 Å². The van der Waals surface area contributed by atoms with E-state index in [1.165, 1.54) is 12.1 Å². The zero-order chi connectivity index (χ0) is 17.4. The van der Waals surface area contributed by atoms with E-state index in [1.807, 2.05) is 0 Å². The fraction of sp³-hybridized carbons (Fsp3) is 0.333. The Morgan fingerprint density at radius 2 is 1.61 bits per heavy atom. The molecule has 0 aliphatic rings. The number of anilines is 1. The summed E-state index contributed by atoms with van der Waals surface area (Å²) in [6, 6.07) is 6.09. The standard InChI is InChI=1S/C15H19N3O5/c1-9(2)14(22)16-11-5-3-10(4-6-11)15(23)18-17-12(19)7-8-13(20)21/h3-6,9H,7-8H2,1-2H3,(H,16,22)(H,17,19)(H,18,23)(H,20,21)/p-1. The quantitative estimate of drug-likeness (QED) is 0.613. The average molecular weight is 320 g/mol. The van der Waals surface area contributed by atoms with Crippen LogP contribution in [0.5, 0.6) is 0 Å². The number of carboxylic acid groups (broad SMARTS) is 1. The number of rotatable bonds is 6. The normalized spacial score (nSPS) is 10.0. The van der Waals surface area contributed by atoms with Gasteiger partial charge >= 0.3 is 0 Å². The van der Waals surface area contributed by atoms with Gasteiger partial charge in [0.05, 0.1) is 0 Å². The molecule has 8 heteroatoms. The third kappa shape index (κ3) is 6.60. The molecule has 3 amide bonds. The molecule has 0 heterocycles. The number of benzene rings is 1. The van der Waals surface area contributed by atoms with Crippen LogP contribution in [0.1, 0.15) is 37.0 Å². The molecule has 0 spiro atoms. The van der Waals surface area contributed by atoms with E-state index in [4.69, 9.17) is 0 Å². The van der Waals surface area contributed by atoms with Gasteiger partial charge < -0.3 is 15.2 Å². The van der Waals surface area contributed by atoms with Crippen molar-refractivity contribution in [1.82, 2.24) is 10.9 Å². The summed E-state index contributed by atoms with van der Waals surface area (Å²) in [5, 5.41) is 12.9. The van der Waals surface area contributed by atoms with E-state index in [0.29, 0.717) is 5.69 Å². The maximum absolute atomic E-state index is 11.8. The predicted octanol–water partition coefficient (Wildman–Crippen LogP) is -0.428. The van der Waals surface area contributed by atoms with Gasteiger partial charge in [0.2, 0.25) is 11.8 Å². The lowest BCUT2D eigenvalue weighted by Crippen LogP contribution is -2.42. The molecule has 0 aliphatic heterocycles. The Morgan fingerprint density at radius 1 is 1.00 bits per heavy atom. The number of hydrogen-bond acceptors (Lipinski definition) is 5. The first-order valence-electron chi connectivity index (χ1n) is 6.99. The van der Waals surface area contributed by atoms with Crippen LogP contribution in [0, 0.1) is 5.92 Å². The van der Waals surface area contributed by atoms with Crippen LogP contribution in [0.15, 0.2) is 24.3 Å². The highest BCUT2D eigenvalue weighted by Crippen LogP contribution is 2.10. The van der Waals surface area contributed by atoms with E-state index < -0.39 is 24.2 Å². The Labute approximate surface area is 133 Å². The van der Waals surface area contributed by atoms with E-state index in [-0.39, 0.29) is 23.8 Å². The molecule has 0 fully saturated rings. The van der Waals surface area contributed by atoms with Crippen molar-refractivity contribution in [3.8, 4) is 0 Å². The second kappa shape index (κ2) is 8.52. The second-order valence-electron chi connectivity index (χ2n) is 5.10. The molecule has 1 aromatic rings. The highest BCUT2D eigenvalue weighted by molar-refractivity contribution is 5.97. The number of aliphatic carboxylic acids is 1. The third-order valence-electron chi connectivity index (χ3n) is 2.81. The van der Waals surface area contributed by atoms with Gasteiger partial charge in [0.15, 0.2) is 0 Å². The van der Waals surface area contributed by atoms with E-state index in [1.54, 1.807) is 26.0 Å². The van der Waals surface area contributed by atoms with Gasteiger partial charge in [-0.05, 0) is 30.7 Å². The van der Waals surface area contributed by atoms with Crippen molar-refractivity contribution in [2.24, 2.45) is 5.92 Å². The largest absolute Gasteiger partial charge is 0.550 e. The number of hydrazine groups is 1. The van der Waals surface area contributed by atoms with Crippen molar-refractivity contribution in [3.05, 3.63) is 29.8 Å². The van der Waals surface area contributed by atoms with Crippen molar-refractivity contribution in [2.75, 3.05) is 5.32 Å². The molecular weight excluding hydrogens is 302 g/mol. The zero-order valence-electron chi connectivity index (χ0n) is 12.8. The molecule has 1 aromatic carbocycles. The Morgan fingerprint density at radius 3 is 2.13 bits per heavy atom. The van der Waals surface area contributed by atoms with Crippen LogP contribution in [0.2, 0.25) is 0 Å². The molecule has 0 aliphatic carbocycles. The first kappa shape index (κ1) is 18.1. The first-order valence-corrected chi connectivity index (χ1v) is 6.99. The van der Waals surface area contributed by atoms with Gasteiger partial charge in [-0.3, -0.25) is 25.2 Å². The molecular formula is C15H18N3O5-. The Hall–Kier alpha value is -2.90. The van der Waals surface area contributed by atoms with Gasteiger partial charge in [0.25, 0.3) is 5.91 Å². The highest BCUT2D eigenvalue weighted by atomic mass is 16.4. The van der Waals surface area contributed by atoms with Gasteiger partial charge in [-0.2, -0.15) is 0 Å². The van der Waals surface area contributed by atoms with Crippen LogP contribution >= 0.6 is 0 Å². The lowest BCUT2D eigenvalue weighted by molar-refractivity contribution is -0.305. The molecule has 23 heavy (non-hydrogen) atoms. The molecule has 8 nitrogen and oxygen atoms in total. The van der Waals surface area contributed by atoms with Crippen molar-refractivity contribution in [2.45, 2.75) is 26.7 Å². The van der Waals surface area contributed by atoms with Gasteiger partial charge in [-0.1, -0.05) is 13.8 Å². The van der Waals surface area contributed by atoms with Crippen molar-refractivity contribution >= 4 is 29.4 Å². The minimum Gasteiger partial charge on any atom is -0.550 e.